The van der Waals surface area contributed by atoms with Gasteiger partial charge in [0.15, 0.2) is 5.82 Å². The molecule has 1 aromatic heterocycles. The van der Waals surface area contributed by atoms with Crippen molar-refractivity contribution >= 4 is 22.8 Å². The SMILES string of the molecule is C[C@H]1[C@H](C)CCC[C@@H]1NC(=O)[C@@]1(C)Cn2c(nc3ccccc32)C(=O)N1CCc1ccccc1. The van der Waals surface area contributed by atoms with Gasteiger partial charge in [-0.3, -0.25) is 9.59 Å². The van der Waals surface area contributed by atoms with E-state index in [0.717, 1.165) is 29.4 Å². The molecule has 1 fully saturated rings. The van der Waals surface area contributed by atoms with Gasteiger partial charge in [0.2, 0.25) is 5.91 Å². The molecule has 6 heteroatoms. The van der Waals surface area contributed by atoms with E-state index in [-0.39, 0.29) is 17.9 Å². The van der Waals surface area contributed by atoms with Gasteiger partial charge in [-0.05, 0) is 49.3 Å². The number of nitrogens with zero attached hydrogens (tertiary/aromatic N) is 3. The van der Waals surface area contributed by atoms with Crippen molar-refractivity contribution in [3.63, 3.8) is 0 Å². The first-order valence-corrected chi connectivity index (χ1v) is 12.5. The van der Waals surface area contributed by atoms with Crippen LogP contribution in [0.15, 0.2) is 54.6 Å². The van der Waals surface area contributed by atoms with E-state index in [2.05, 4.69) is 36.3 Å². The molecule has 178 valence electrons. The second kappa shape index (κ2) is 8.90. The Morgan fingerprint density at radius 2 is 1.82 bits per heavy atom. The summed E-state index contributed by atoms with van der Waals surface area (Å²) >= 11 is 0. The lowest BCUT2D eigenvalue weighted by atomic mass is 9.77. The van der Waals surface area contributed by atoms with Crippen LogP contribution in [-0.2, 0) is 17.8 Å². The van der Waals surface area contributed by atoms with Gasteiger partial charge >= 0.3 is 0 Å². The molecule has 0 radical (unpaired) electrons. The van der Waals surface area contributed by atoms with Crippen molar-refractivity contribution in [3.8, 4) is 0 Å². The fourth-order valence-corrected chi connectivity index (χ4v) is 5.67. The van der Waals surface area contributed by atoms with Crippen LogP contribution < -0.4 is 5.32 Å². The summed E-state index contributed by atoms with van der Waals surface area (Å²) in [4.78, 5) is 34.1. The van der Waals surface area contributed by atoms with E-state index < -0.39 is 5.54 Å². The van der Waals surface area contributed by atoms with Crippen LogP contribution in [0.3, 0.4) is 0 Å². The normalized spacial score (nSPS) is 27.0. The highest BCUT2D eigenvalue weighted by atomic mass is 16.2. The summed E-state index contributed by atoms with van der Waals surface area (Å²) in [6.07, 6.45) is 4.01. The Labute approximate surface area is 201 Å². The van der Waals surface area contributed by atoms with E-state index in [1.54, 1.807) is 4.90 Å². The minimum atomic E-state index is -0.997. The lowest BCUT2D eigenvalue weighted by Gasteiger charge is -2.45. The summed E-state index contributed by atoms with van der Waals surface area (Å²) in [5.74, 6) is 1.17. The van der Waals surface area contributed by atoms with Crippen LogP contribution in [0, 0.1) is 11.8 Å². The van der Waals surface area contributed by atoms with E-state index in [4.69, 9.17) is 0 Å². The van der Waals surface area contributed by atoms with Gasteiger partial charge in [-0.1, -0.05) is 69.2 Å². The first-order valence-electron chi connectivity index (χ1n) is 12.5. The van der Waals surface area contributed by atoms with Gasteiger partial charge in [0.05, 0.1) is 17.6 Å². The van der Waals surface area contributed by atoms with E-state index >= 15 is 0 Å². The average Bonchev–Trinajstić information content (AvgIpc) is 3.21. The molecule has 0 spiro atoms. The minimum absolute atomic E-state index is 0.0664. The smallest absolute Gasteiger partial charge is 0.290 e. The first kappa shape index (κ1) is 22.6. The largest absolute Gasteiger partial charge is 0.351 e. The molecule has 2 amide bonds. The highest BCUT2D eigenvalue weighted by Gasteiger charge is 2.49. The van der Waals surface area contributed by atoms with Crippen LogP contribution in [0.1, 0.15) is 56.2 Å². The van der Waals surface area contributed by atoms with Gasteiger partial charge in [0.1, 0.15) is 5.54 Å². The third-order valence-electron chi connectivity index (χ3n) is 8.13. The van der Waals surface area contributed by atoms with Crippen LogP contribution in [0.25, 0.3) is 11.0 Å². The molecule has 2 aliphatic rings. The monoisotopic (exact) mass is 458 g/mol. The highest BCUT2D eigenvalue weighted by Crippen LogP contribution is 2.33. The summed E-state index contributed by atoms with van der Waals surface area (Å²) in [5.41, 5.74) is 1.83. The van der Waals surface area contributed by atoms with Crippen LogP contribution >= 0.6 is 0 Å². The minimum Gasteiger partial charge on any atom is -0.351 e. The van der Waals surface area contributed by atoms with Crippen molar-refractivity contribution < 1.29 is 9.59 Å². The molecule has 1 aliphatic carbocycles. The number of para-hydroxylation sites is 2. The van der Waals surface area contributed by atoms with Crippen LogP contribution in [0.4, 0.5) is 0 Å². The van der Waals surface area contributed by atoms with Crippen molar-refractivity contribution in [2.75, 3.05) is 6.54 Å². The lowest BCUT2D eigenvalue weighted by molar-refractivity contribution is -0.134. The van der Waals surface area contributed by atoms with Gasteiger partial charge in [-0.2, -0.15) is 0 Å². The van der Waals surface area contributed by atoms with Crippen LogP contribution in [-0.4, -0.2) is 44.4 Å². The molecular formula is C28H34N4O2. The average molecular weight is 459 g/mol. The maximum Gasteiger partial charge on any atom is 0.290 e. The molecule has 1 aliphatic heterocycles. The predicted octanol–water partition coefficient (Wildman–Crippen LogP) is 4.43. The number of rotatable bonds is 5. The fourth-order valence-electron chi connectivity index (χ4n) is 5.67. The van der Waals surface area contributed by atoms with Crippen LogP contribution in [0.5, 0.6) is 0 Å². The number of benzene rings is 2. The first-order chi connectivity index (χ1) is 16.4. The molecule has 1 saturated carbocycles. The van der Waals surface area contributed by atoms with E-state index in [1.165, 1.54) is 6.42 Å². The van der Waals surface area contributed by atoms with Gasteiger partial charge in [0.25, 0.3) is 5.91 Å². The van der Waals surface area contributed by atoms with Gasteiger partial charge < -0.3 is 14.8 Å². The third kappa shape index (κ3) is 3.89. The highest BCUT2D eigenvalue weighted by molar-refractivity contribution is 6.01. The second-order valence-corrected chi connectivity index (χ2v) is 10.3. The number of carbonyl (C=O) groups excluding carboxylic acids is 2. The third-order valence-corrected chi connectivity index (χ3v) is 8.13. The molecule has 4 atom stereocenters. The summed E-state index contributed by atoms with van der Waals surface area (Å²) < 4.78 is 1.93. The number of fused-ring (bicyclic) bond motifs is 3. The van der Waals surface area contributed by atoms with Crippen molar-refractivity contribution in [2.45, 2.75) is 64.6 Å². The summed E-state index contributed by atoms with van der Waals surface area (Å²) in [7, 11) is 0. The second-order valence-electron chi connectivity index (χ2n) is 10.3. The number of amides is 2. The molecule has 0 unspecified atom stereocenters. The predicted molar refractivity (Wildman–Crippen MR) is 133 cm³/mol. The molecule has 6 nitrogen and oxygen atoms in total. The topological polar surface area (TPSA) is 67.2 Å². The molecule has 0 saturated heterocycles. The van der Waals surface area contributed by atoms with Crippen LogP contribution in [0.2, 0.25) is 0 Å². The number of hydrogen-bond acceptors (Lipinski definition) is 3. The fraction of sp³-hybridized carbons (Fsp3) is 0.464. The molecule has 2 aromatic carbocycles. The lowest BCUT2D eigenvalue weighted by Crippen LogP contribution is -2.66. The van der Waals surface area contributed by atoms with E-state index in [0.29, 0.717) is 37.2 Å². The summed E-state index contributed by atoms with van der Waals surface area (Å²) in [6.45, 7) is 7.28. The van der Waals surface area contributed by atoms with Crippen molar-refractivity contribution in [2.24, 2.45) is 11.8 Å². The zero-order valence-electron chi connectivity index (χ0n) is 20.3. The van der Waals surface area contributed by atoms with Crippen molar-refractivity contribution in [1.29, 1.82) is 0 Å². The molecular weight excluding hydrogens is 424 g/mol. The van der Waals surface area contributed by atoms with E-state index in [9.17, 15) is 9.59 Å². The van der Waals surface area contributed by atoms with Gasteiger partial charge in [-0.25, -0.2) is 4.98 Å². The Balaban J connectivity index is 1.49. The standard InChI is InChI=1S/C28H34N4O2/c1-19-10-9-14-22(20(19)2)30-27(34)28(3)18-31-24-15-8-7-13-23(24)29-25(31)26(33)32(28)17-16-21-11-5-4-6-12-21/h4-8,11-13,15,19-20,22H,9-10,14,16-18H2,1-3H3,(H,30,34)/t19-,20+,22+,28-/m1/s1. The quantitative estimate of drug-likeness (QED) is 0.615. The maximum atomic E-state index is 13.9. The van der Waals surface area contributed by atoms with Gasteiger partial charge in [0, 0.05) is 12.6 Å². The molecule has 34 heavy (non-hydrogen) atoms. The molecule has 2 heterocycles. The zero-order valence-corrected chi connectivity index (χ0v) is 20.3. The molecule has 3 aromatic rings. The number of aromatic nitrogens is 2. The molecule has 0 bridgehead atoms. The van der Waals surface area contributed by atoms with Crippen molar-refractivity contribution in [1.82, 2.24) is 19.8 Å². The Morgan fingerprint density at radius 1 is 1.09 bits per heavy atom. The van der Waals surface area contributed by atoms with E-state index in [1.807, 2.05) is 54.0 Å². The summed E-state index contributed by atoms with van der Waals surface area (Å²) in [5, 5.41) is 3.36. The zero-order chi connectivity index (χ0) is 23.9. The Bertz CT molecular complexity index is 1200. The number of imidazole rings is 1. The number of nitrogens with one attached hydrogen (secondary N) is 1. The maximum absolute atomic E-state index is 13.9. The van der Waals surface area contributed by atoms with Gasteiger partial charge in [-0.15, -0.1) is 0 Å². The Morgan fingerprint density at radius 3 is 2.62 bits per heavy atom. The molecule has 1 N–H and O–H groups in total. The molecule has 5 rings (SSSR count). The Hall–Kier alpha value is -3.15. The number of carbonyl (C=O) groups is 2. The summed E-state index contributed by atoms with van der Waals surface area (Å²) in [6, 6.07) is 18.0. The Kier molecular flexibility index (Phi) is 5.92. The van der Waals surface area contributed by atoms with Crippen molar-refractivity contribution in [3.05, 3.63) is 66.0 Å². The number of hydrogen-bond donors (Lipinski definition) is 1.